The van der Waals surface area contributed by atoms with E-state index in [1.54, 1.807) is 18.3 Å². The van der Waals surface area contributed by atoms with E-state index >= 15 is 0 Å². The third kappa shape index (κ3) is 2.79. The Morgan fingerprint density at radius 3 is 2.38 bits per heavy atom. The van der Waals surface area contributed by atoms with Gasteiger partial charge in [-0.2, -0.15) is 0 Å². The Bertz CT molecular complexity index is 751. The van der Waals surface area contributed by atoms with Crippen molar-refractivity contribution in [3.63, 3.8) is 0 Å². The largest absolute Gasteiger partial charge is 0.356 e. The summed E-state index contributed by atoms with van der Waals surface area (Å²) in [5, 5.41) is 3.89. The van der Waals surface area contributed by atoms with Crippen LogP contribution >= 0.6 is 0 Å². The van der Waals surface area contributed by atoms with Crippen LogP contribution in [0.5, 0.6) is 0 Å². The molecule has 0 saturated heterocycles. The fourth-order valence-corrected chi connectivity index (χ4v) is 2.64. The molecule has 4 nitrogen and oxygen atoms in total. The molecule has 21 heavy (non-hydrogen) atoms. The Hall–Kier alpha value is -2.24. The second-order valence-electron chi connectivity index (χ2n) is 4.36. The van der Waals surface area contributed by atoms with E-state index in [1.165, 1.54) is 7.11 Å². The van der Waals surface area contributed by atoms with Crippen LogP contribution in [0.4, 0.5) is 0 Å². The highest BCUT2D eigenvalue weighted by atomic mass is 32.2. The first kappa shape index (κ1) is 13.7. The minimum atomic E-state index is -1.43. The Kier molecular flexibility index (Phi) is 3.94. The first-order chi connectivity index (χ1) is 10.3. The van der Waals surface area contributed by atoms with Gasteiger partial charge in [0.25, 0.3) is 0 Å². The molecular weight excluding hydrogens is 286 g/mol. The number of rotatable bonds is 4. The lowest BCUT2D eigenvalue weighted by Gasteiger charge is -2.03. The molecular formula is C16H13NO3S. The van der Waals surface area contributed by atoms with Crippen LogP contribution in [-0.4, -0.2) is 16.5 Å². The molecule has 0 aliphatic carbocycles. The van der Waals surface area contributed by atoms with Crippen LogP contribution < -0.4 is 0 Å². The number of aromatic nitrogens is 1. The molecule has 2 aromatic carbocycles. The molecule has 1 atom stereocenters. The van der Waals surface area contributed by atoms with Crippen LogP contribution in [0.2, 0.25) is 0 Å². The summed E-state index contributed by atoms with van der Waals surface area (Å²) in [4.78, 5) is 0.613. The zero-order chi connectivity index (χ0) is 14.7. The molecule has 0 bridgehead atoms. The molecule has 0 aliphatic rings. The zero-order valence-electron chi connectivity index (χ0n) is 11.4. The van der Waals surface area contributed by atoms with Crippen molar-refractivity contribution in [2.75, 3.05) is 7.11 Å². The molecule has 0 amide bonds. The second kappa shape index (κ2) is 6.03. The lowest BCUT2D eigenvalue weighted by Crippen LogP contribution is -1.92. The van der Waals surface area contributed by atoms with E-state index in [1.807, 2.05) is 42.5 Å². The molecule has 0 aliphatic heterocycles. The van der Waals surface area contributed by atoms with Gasteiger partial charge in [-0.3, -0.25) is 4.18 Å². The Morgan fingerprint density at radius 2 is 1.71 bits per heavy atom. The summed E-state index contributed by atoms with van der Waals surface area (Å²) in [5.41, 5.74) is 2.85. The first-order valence-corrected chi connectivity index (χ1v) is 7.44. The maximum Gasteiger partial charge on any atom is 0.188 e. The van der Waals surface area contributed by atoms with Gasteiger partial charge in [0.05, 0.1) is 18.2 Å². The van der Waals surface area contributed by atoms with Crippen LogP contribution in [0.25, 0.3) is 22.5 Å². The number of nitrogens with zero attached hydrogens (tertiary/aromatic N) is 1. The van der Waals surface area contributed by atoms with E-state index in [9.17, 15) is 4.21 Å². The van der Waals surface area contributed by atoms with Crippen molar-refractivity contribution < 1.29 is 12.9 Å². The van der Waals surface area contributed by atoms with Gasteiger partial charge in [-0.25, -0.2) is 4.21 Å². The van der Waals surface area contributed by atoms with Crippen LogP contribution in [0.3, 0.4) is 0 Å². The van der Waals surface area contributed by atoms with E-state index in [-0.39, 0.29) is 0 Å². The molecule has 0 saturated carbocycles. The molecule has 3 aromatic rings. The van der Waals surface area contributed by atoms with Crippen LogP contribution in [-0.2, 0) is 15.3 Å². The van der Waals surface area contributed by atoms with Crippen molar-refractivity contribution in [2.45, 2.75) is 4.90 Å². The maximum atomic E-state index is 11.6. The van der Waals surface area contributed by atoms with E-state index in [2.05, 4.69) is 5.16 Å². The van der Waals surface area contributed by atoms with E-state index in [0.29, 0.717) is 10.7 Å². The quantitative estimate of drug-likeness (QED) is 0.737. The second-order valence-corrected chi connectivity index (χ2v) is 5.63. The summed E-state index contributed by atoms with van der Waals surface area (Å²) >= 11 is -1.43. The molecule has 106 valence electrons. The zero-order valence-corrected chi connectivity index (χ0v) is 12.2. The highest BCUT2D eigenvalue weighted by Gasteiger charge is 2.13. The third-order valence-corrected chi connectivity index (χ3v) is 4.08. The lowest BCUT2D eigenvalue weighted by atomic mass is 10.0. The van der Waals surface area contributed by atoms with Crippen molar-refractivity contribution in [1.82, 2.24) is 5.16 Å². The fourth-order valence-electron chi connectivity index (χ4n) is 2.08. The van der Waals surface area contributed by atoms with Gasteiger partial charge in [0.2, 0.25) is 0 Å². The molecule has 0 spiro atoms. The van der Waals surface area contributed by atoms with Crippen molar-refractivity contribution in [2.24, 2.45) is 0 Å². The maximum absolute atomic E-state index is 11.6. The fraction of sp³-hybridized carbons (Fsp3) is 0.0625. The van der Waals surface area contributed by atoms with Gasteiger partial charge in [-0.15, -0.1) is 0 Å². The minimum absolute atomic E-state index is 0.613. The number of benzene rings is 2. The molecule has 1 unspecified atom stereocenters. The summed E-state index contributed by atoms with van der Waals surface area (Å²) in [7, 11) is 1.41. The predicted molar refractivity (Wildman–Crippen MR) is 80.8 cm³/mol. The first-order valence-electron chi connectivity index (χ1n) is 6.36. The summed E-state index contributed by atoms with van der Waals surface area (Å²) in [5.74, 6) is 0.691. The van der Waals surface area contributed by atoms with E-state index in [0.717, 1.165) is 16.7 Å². The van der Waals surface area contributed by atoms with E-state index < -0.39 is 11.1 Å². The molecule has 5 heteroatoms. The Balaban J connectivity index is 1.99. The van der Waals surface area contributed by atoms with E-state index in [4.69, 9.17) is 8.71 Å². The molecule has 1 heterocycles. The SMILES string of the molecule is COS(=O)c1ccc(-c2oncc2-c2ccccc2)cc1. The molecule has 0 radical (unpaired) electrons. The molecule has 0 N–H and O–H groups in total. The van der Waals surface area contributed by atoms with Crippen molar-refractivity contribution >= 4 is 11.1 Å². The van der Waals surface area contributed by atoms with Crippen LogP contribution in [0, 0.1) is 0 Å². The third-order valence-electron chi connectivity index (χ3n) is 3.12. The predicted octanol–water partition coefficient (Wildman–Crippen LogP) is 3.68. The van der Waals surface area contributed by atoms with Gasteiger partial charge in [0.15, 0.2) is 16.8 Å². The topological polar surface area (TPSA) is 52.3 Å². The van der Waals surface area contributed by atoms with Crippen LogP contribution in [0.15, 0.2) is 70.2 Å². The molecule has 3 rings (SSSR count). The normalized spacial score (nSPS) is 12.2. The smallest absolute Gasteiger partial charge is 0.188 e. The average Bonchev–Trinajstić information content (AvgIpc) is 3.04. The van der Waals surface area contributed by atoms with Crippen molar-refractivity contribution in [3.05, 3.63) is 60.8 Å². The average molecular weight is 299 g/mol. The van der Waals surface area contributed by atoms with Gasteiger partial charge >= 0.3 is 0 Å². The number of hydrogen-bond acceptors (Lipinski definition) is 4. The standard InChI is InChI=1S/C16H13NO3S/c1-19-21(18)14-9-7-13(8-10-14)16-15(11-17-20-16)12-5-3-2-4-6-12/h2-11H,1H3. The highest BCUT2D eigenvalue weighted by Crippen LogP contribution is 2.32. The summed E-state index contributed by atoms with van der Waals surface area (Å²) < 4.78 is 21.7. The Labute approximate surface area is 125 Å². The molecule has 1 aromatic heterocycles. The van der Waals surface area contributed by atoms with Crippen LogP contribution in [0.1, 0.15) is 0 Å². The van der Waals surface area contributed by atoms with Crippen molar-refractivity contribution in [3.8, 4) is 22.5 Å². The molecule has 0 fully saturated rings. The van der Waals surface area contributed by atoms with Gasteiger partial charge in [0, 0.05) is 11.1 Å². The van der Waals surface area contributed by atoms with Gasteiger partial charge in [-0.05, 0) is 29.8 Å². The van der Waals surface area contributed by atoms with Crippen molar-refractivity contribution in [1.29, 1.82) is 0 Å². The Morgan fingerprint density at radius 1 is 1.00 bits per heavy atom. The summed E-state index contributed by atoms with van der Waals surface area (Å²) in [6.45, 7) is 0. The van der Waals surface area contributed by atoms with Gasteiger partial charge in [-0.1, -0.05) is 35.5 Å². The monoisotopic (exact) mass is 299 g/mol. The minimum Gasteiger partial charge on any atom is -0.356 e. The number of hydrogen-bond donors (Lipinski definition) is 0. The van der Waals surface area contributed by atoms with Gasteiger partial charge < -0.3 is 4.52 Å². The van der Waals surface area contributed by atoms with Gasteiger partial charge in [0.1, 0.15) is 0 Å². The summed E-state index contributed by atoms with van der Waals surface area (Å²) in [6.07, 6.45) is 1.70. The lowest BCUT2D eigenvalue weighted by molar-refractivity contribution is 0.432. The summed E-state index contributed by atoms with van der Waals surface area (Å²) in [6, 6.07) is 17.1. The highest BCUT2D eigenvalue weighted by molar-refractivity contribution is 7.80.